The molecule has 4 heteroatoms. The third-order valence-electron chi connectivity index (χ3n) is 5.09. The summed E-state index contributed by atoms with van der Waals surface area (Å²) in [4.78, 5) is 0.353. The monoisotopic (exact) mass is 363 g/mol. The van der Waals surface area contributed by atoms with E-state index in [1.165, 1.54) is 0 Å². The number of nitrogens with zero attached hydrogens (tertiary/aromatic N) is 1. The van der Waals surface area contributed by atoms with Crippen molar-refractivity contribution in [2.24, 2.45) is 0 Å². The zero-order chi connectivity index (χ0) is 18.3. The van der Waals surface area contributed by atoms with Crippen LogP contribution >= 0.6 is 0 Å². The topological polar surface area (TPSA) is 37.4 Å². The van der Waals surface area contributed by atoms with Gasteiger partial charge in [0.25, 0.3) is 0 Å². The Bertz CT molecular complexity index is 1040. The van der Waals surface area contributed by atoms with Gasteiger partial charge in [-0.15, -0.1) is 0 Å². The van der Waals surface area contributed by atoms with Crippen molar-refractivity contribution in [3.05, 3.63) is 89.5 Å². The first-order valence-electron chi connectivity index (χ1n) is 8.73. The Labute approximate surface area is 155 Å². The maximum Gasteiger partial charge on any atom is 0.243 e. The maximum absolute atomic E-state index is 13.1. The molecule has 0 bridgehead atoms. The molecule has 0 aliphatic carbocycles. The molecule has 0 radical (unpaired) electrons. The highest BCUT2D eigenvalue weighted by atomic mass is 32.2. The van der Waals surface area contributed by atoms with Gasteiger partial charge in [-0.1, -0.05) is 60.2 Å². The van der Waals surface area contributed by atoms with Gasteiger partial charge in [-0.2, -0.15) is 4.31 Å². The van der Waals surface area contributed by atoms with Gasteiger partial charge in [-0.25, -0.2) is 8.42 Å². The van der Waals surface area contributed by atoms with Crippen LogP contribution in [0.25, 0.3) is 11.1 Å². The molecule has 3 aromatic carbocycles. The molecule has 132 valence electrons. The van der Waals surface area contributed by atoms with Crippen molar-refractivity contribution in [1.82, 2.24) is 4.31 Å². The lowest BCUT2D eigenvalue weighted by molar-refractivity contribution is 0.370. The lowest BCUT2D eigenvalue weighted by Crippen LogP contribution is -2.28. The fourth-order valence-corrected chi connectivity index (χ4v) is 5.15. The molecule has 0 aromatic heterocycles. The van der Waals surface area contributed by atoms with Gasteiger partial charge in [0, 0.05) is 12.6 Å². The van der Waals surface area contributed by atoms with Crippen LogP contribution in [0.2, 0.25) is 0 Å². The molecule has 0 saturated carbocycles. The third-order valence-corrected chi connectivity index (χ3v) is 7.02. The molecule has 1 atom stereocenters. The Kier molecular flexibility index (Phi) is 4.17. The number of hydrogen-bond donors (Lipinski definition) is 0. The predicted octanol–water partition coefficient (Wildman–Crippen LogP) is 4.93. The normalized spacial score (nSPS) is 17.2. The van der Waals surface area contributed by atoms with Gasteiger partial charge in [0.1, 0.15) is 0 Å². The second-order valence-corrected chi connectivity index (χ2v) is 8.71. The molecule has 0 fully saturated rings. The van der Waals surface area contributed by atoms with Crippen molar-refractivity contribution in [3.8, 4) is 11.1 Å². The molecule has 1 heterocycles. The van der Waals surface area contributed by atoms with Crippen LogP contribution in [0.3, 0.4) is 0 Å². The van der Waals surface area contributed by atoms with E-state index in [4.69, 9.17) is 0 Å². The third kappa shape index (κ3) is 2.85. The summed E-state index contributed by atoms with van der Waals surface area (Å²) in [5, 5.41) is 0. The second kappa shape index (κ2) is 6.38. The minimum Gasteiger partial charge on any atom is -0.207 e. The van der Waals surface area contributed by atoms with Crippen LogP contribution in [-0.4, -0.2) is 12.7 Å². The van der Waals surface area contributed by atoms with Gasteiger partial charge in [0.05, 0.1) is 4.90 Å². The molecule has 1 aliphatic heterocycles. The zero-order valence-corrected chi connectivity index (χ0v) is 15.7. The Morgan fingerprint density at radius 1 is 0.885 bits per heavy atom. The minimum atomic E-state index is -3.52. The van der Waals surface area contributed by atoms with Crippen LogP contribution in [0.15, 0.2) is 77.7 Å². The summed E-state index contributed by atoms with van der Waals surface area (Å²) in [7, 11) is -3.52. The van der Waals surface area contributed by atoms with E-state index in [1.807, 2.05) is 44.2 Å². The number of benzene rings is 3. The summed E-state index contributed by atoms with van der Waals surface area (Å²) < 4.78 is 27.8. The van der Waals surface area contributed by atoms with Gasteiger partial charge in [0.15, 0.2) is 0 Å². The van der Waals surface area contributed by atoms with Crippen molar-refractivity contribution in [3.63, 3.8) is 0 Å². The quantitative estimate of drug-likeness (QED) is 0.662. The minimum absolute atomic E-state index is 0.166. The van der Waals surface area contributed by atoms with E-state index in [0.717, 1.165) is 27.8 Å². The van der Waals surface area contributed by atoms with Crippen molar-refractivity contribution >= 4 is 10.0 Å². The standard InChI is InChI=1S/C22H21NO2S/c1-16-8-11-21(12-9-16)26(24,25)23-15-20-14-19(10-13-22(20)17(23)2)18-6-4-3-5-7-18/h3-14,17H,15H2,1-2H3/t17-/m0/s1. The molecule has 3 aromatic rings. The first-order chi connectivity index (χ1) is 12.5. The lowest BCUT2D eigenvalue weighted by atomic mass is 9.99. The van der Waals surface area contributed by atoms with Crippen molar-refractivity contribution in [2.75, 3.05) is 0 Å². The number of fused-ring (bicyclic) bond motifs is 1. The molecule has 1 aliphatic rings. The molecular weight excluding hydrogens is 342 g/mol. The molecule has 0 unspecified atom stereocenters. The van der Waals surface area contributed by atoms with E-state index < -0.39 is 10.0 Å². The maximum atomic E-state index is 13.1. The zero-order valence-electron chi connectivity index (χ0n) is 14.9. The van der Waals surface area contributed by atoms with Gasteiger partial charge < -0.3 is 0 Å². The summed E-state index contributed by atoms with van der Waals surface area (Å²) in [5.41, 5.74) is 5.47. The van der Waals surface area contributed by atoms with E-state index in [1.54, 1.807) is 16.4 Å². The number of rotatable bonds is 3. The Balaban J connectivity index is 1.69. The fourth-order valence-electron chi connectivity index (χ4n) is 3.56. The molecule has 0 spiro atoms. The molecule has 0 amide bonds. The highest BCUT2D eigenvalue weighted by Gasteiger charge is 2.36. The van der Waals surface area contributed by atoms with Crippen LogP contribution in [0, 0.1) is 6.92 Å². The van der Waals surface area contributed by atoms with E-state index in [9.17, 15) is 8.42 Å². The molecule has 0 N–H and O–H groups in total. The van der Waals surface area contributed by atoms with Crippen LogP contribution in [-0.2, 0) is 16.6 Å². The van der Waals surface area contributed by atoms with Gasteiger partial charge in [0.2, 0.25) is 10.0 Å². The predicted molar refractivity (Wildman–Crippen MR) is 104 cm³/mol. The van der Waals surface area contributed by atoms with Crippen LogP contribution in [0.1, 0.15) is 29.7 Å². The lowest BCUT2D eigenvalue weighted by Gasteiger charge is -2.21. The summed E-state index contributed by atoms with van der Waals surface area (Å²) in [6.45, 7) is 4.32. The summed E-state index contributed by atoms with van der Waals surface area (Å²) in [5.74, 6) is 0. The molecule has 3 nitrogen and oxygen atoms in total. The highest BCUT2D eigenvalue weighted by molar-refractivity contribution is 7.89. The number of aryl methyl sites for hydroxylation is 1. The van der Waals surface area contributed by atoms with Crippen LogP contribution in [0.4, 0.5) is 0 Å². The van der Waals surface area contributed by atoms with E-state index in [0.29, 0.717) is 11.4 Å². The molecular formula is C22H21NO2S. The summed E-state index contributed by atoms with van der Waals surface area (Å²) in [6, 6.07) is 23.3. The number of sulfonamides is 1. The van der Waals surface area contributed by atoms with Gasteiger partial charge in [-0.3, -0.25) is 0 Å². The van der Waals surface area contributed by atoms with Gasteiger partial charge in [-0.05, 0) is 54.3 Å². The second-order valence-electron chi connectivity index (χ2n) is 6.82. The largest absolute Gasteiger partial charge is 0.243 e. The fraction of sp³-hybridized carbons (Fsp3) is 0.182. The molecule has 26 heavy (non-hydrogen) atoms. The van der Waals surface area contributed by atoms with E-state index >= 15 is 0 Å². The van der Waals surface area contributed by atoms with E-state index in [2.05, 4.69) is 30.3 Å². The first-order valence-corrected chi connectivity index (χ1v) is 10.2. The average Bonchev–Trinajstić information content (AvgIpc) is 3.00. The Morgan fingerprint density at radius 3 is 2.27 bits per heavy atom. The van der Waals surface area contributed by atoms with Crippen molar-refractivity contribution in [1.29, 1.82) is 0 Å². The smallest absolute Gasteiger partial charge is 0.207 e. The Morgan fingerprint density at radius 2 is 1.58 bits per heavy atom. The van der Waals surface area contributed by atoms with E-state index in [-0.39, 0.29) is 6.04 Å². The van der Waals surface area contributed by atoms with Crippen LogP contribution in [0.5, 0.6) is 0 Å². The summed E-state index contributed by atoms with van der Waals surface area (Å²) >= 11 is 0. The van der Waals surface area contributed by atoms with Crippen LogP contribution < -0.4 is 0 Å². The molecule has 4 rings (SSSR count). The average molecular weight is 363 g/mol. The highest BCUT2D eigenvalue weighted by Crippen LogP contribution is 2.39. The number of hydrogen-bond acceptors (Lipinski definition) is 2. The van der Waals surface area contributed by atoms with Crippen molar-refractivity contribution in [2.45, 2.75) is 31.3 Å². The SMILES string of the molecule is Cc1ccc(S(=O)(=O)N2Cc3cc(-c4ccccc4)ccc3[C@@H]2C)cc1. The summed E-state index contributed by atoms with van der Waals surface area (Å²) in [6.07, 6.45) is 0. The van der Waals surface area contributed by atoms with Crippen molar-refractivity contribution < 1.29 is 8.42 Å². The first kappa shape index (κ1) is 17.0. The van der Waals surface area contributed by atoms with Gasteiger partial charge >= 0.3 is 0 Å². The molecule has 0 saturated heterocycles. The Hall–Kier alpha value is -2.43.